The van der Waals surface area contributed by atoms with Gasteiger partial charge in [-0.1, -0.05) is 13.8 Å². The van der Waals surface area contributed by atoms with Gasteiger partial charge in [-0.3, -0.25) is 0 Å². The van der Waals surface area contributed by atoms with Gasteiger partial charge in [0.1, 0.15) is 4.88 Å². The van der Waals surface area contributed by atoms with Crippen LogP contribution in [0.2, 0.25) is 0 Å². The Morgan fingerprint density at radius 2 is 2.23 bits per heavy atom. The second-order valence-electron chi connectivity index (χ2n) is 3.03. The van der Waals surface area contributed by atoms with E-state index in [1.165, 1.54) is 11.3 Å². The number of rotatable bonds is 3. The SMILES string of the molecule is Cc1c(SC(C)C)csc1C(=O)O. The van der Waals surface area contributed by atoms with E-state index in [0.29, 0.717) is 10.1 Å². The first-order valence-electron chi connectivity index (χ1n) is 4.00. The van der Waals surface area contributed by atoms with Crippen molar-refractivity contribution in [2.45, 2.75) is 30.9 Å². The predicted molar refractivity (Wildman–Crippen MR) is 57.0 cm³/mol. The minimum Gasteiger partial charge on any atom is -0.477 e. The van der Waals surface area contributed by atoms with Crippen molar-refractivity contribution < 1.29 is 9.90 Å². The molecule has 0 saturated heterocycles. The molecule has 1 aromatic rings. The summed E-state index contributed by atoms with van der Waals surface area (Å²) in [7, 11) is 0. The quantitative estimate of drug-likeness (QED) is 0.788. The van der Waals surface area contributed by atoms with Crippen molar-refractivity contribution in [2.24, 2.45) is 0 Å². The van der Waals surface area contributed by atoms with E-state index in [1.807, 2.05) is 12.3 Å². The zero-order valence-electron chi connectivity index (χ0n) is 7.83. The highest BCUT2D eigenvalue weighted by Crippen LogP contribution is 2.32. The summed E-state index contributed by atoms with van der Waals surface area (Å²) >= 11 is 3.02. The van der Waals surface area contributed by atoms with Crippen LogP contribution in [0.1, 0.15) is 29.1 Å². The molecule has 0 aliphatic rings. The summed E-state index contributed by atoms with van der Waals surface area (Å²) in [5.41, 5.74) is 0.899. The Morgan fingerprint density at radius 1 is 1.62 bits per heavy atom. The summed E-state index contributed by atoms with van der Waals surface area (Å²) < 4.78 is 0. The fourth-order valence-corrected chi connectivity index (χ4v) is 2.99. The molecule has 0 amide bonds. The van der Waals surface area contributed by atoms with Gasteiger partial charge in [0.15, 0.2) is 0 Å². The zero-order valence-corrected chi connectivity index (χ0v) is 9.46. The Kier molecular flexibility index (Phi) is 3.39. The molecule has 0 spiro atoms. The molecular weight excluding hydrogens is 204 g/mol. The Bertz CT molecular complexity index is 315. The van der Waals surface area contributed by atoms with Gasteiger partial charge < -0.3 is 5.11 Å². The van der Waals surface area contributed by atoms with E-state index in [-0.39, 0.29) is 0 Å². The van der Waals surface area contributed by atoms with E-state index in [9.17, 15) is 4.79 Å². The van der Waals surface area contributed by atoms with Crippen LogP contribution >= 0.6 is 23.1 Å². The highest BCUT2D eigenvalue weighted by molar-refractivity contribution is 8.00. The summed E-state index contributed by atoms with van der Waals surface area (Å²) in [5, 5.41) is 11.2. The van der Waals surface area contributed by atoms with E-state index < -0.39 is 5.97 Å². The number of aromatic carboxylic acids is 1. The van der Waals surface area contributed by atoms with Gasteiger partial charge >= 0.3 is 5.97 Å². The van der Waals surface area contributed by atoms with E-state index in [0.717, 1.165) is 10.5 Å². The van der Waals surface area contributed by atoms with E-state index >= 15 is 0 Å². The van der Waals surface area contributed by atoms with Crippen LogP contribution in [0.4, 0.5) is 0 Å². The molecule has 1 aromatic heterocycles. The van der Waals surface area contributed by atoms with Gasteiger partial charge in [-0.25, -0.2) is 4.79 Å². The van der Waals surface area contributed by atoms with Crippen LogP contribution in [0.15, 0.2) is 10.3 Å². The van der Waals surface area contributed by atoms with E-state index in [2.05, 4.69) is 13.8 Å². The van der Waals surface area contributed by atoms with E-state index in [1.54, 1.807) is 11.8 Å². The summed E-state index contributed by atoms with van der Waals surface area (Å²) in [4.78, 5) is 12.3. The minimum absolute atomic E-state index is 0.461. The Balaban J connectivity index is 2.93. The topological polar surface area (TPSA) is 37.3 Å². The third-order valence-corrected chi connectivity index (χ3v) is 3.92. The summed E-state index contributed by atoms with van der Waals surface area (Å²) in [6.07, 6.45) is 0. The molecule has 0 aliphatic carbocycles. The number of thioether (sulfide) groups is 1. The van der Waals surface area contributed by atoms with Crippen LogP contribution in [0.25, 0.3) is 0 Å². The molecule has 72 valence electrons. The van der Waals surface area contributed by atoms with Crippen molar-refractivity contribution in [1.29, 1.82) is 0 Å². The Labute approximate surface area is 86.0 Å². The van der Waals surface area contributed by atoms with Crippen molar-refractivity contribution in [1.82, 2.24) is 0 Å². The average molecular weight is 216 g/mol. The number of hydrogen-bond donors (Lipinski definition) is 1. The Morgan fingerprint density at radius 3 is 2.62 bits per heavy atom. The van der Waals surface area contributed by atoms with Crippen LogP contribution in [-0.4, -0.2) is 16.3 Å². The van der Waals surface area contributed by atoms with Crippen molar-refractivity contribution in [3.8, 4) is 0 Å². The monoisotopic (exact) mass is 216 g/mol. The molecule has 1 rings (SSSR count). The van der Waals surface area contributed by atoms with E-state index in [4.69, 9.17) is 5.11 Å². The third kappa shape index (κ3) is 2.48. The highest BCUT2D eigenvalue weighted by atomic mass is 32.2. The number of carbonyl (C=O) groups is 1. The zero-order chi connectivity index (χ0) is 10.0. The molecule has 0 unspecified atom stereocenters. The smallest absolute Gasteiger partial charge is 0.346 e. The molecule has 13 heavy (non-hydrogen) atoms. The van der Waals surface area contributed by atoms with Gasteiger partial charge in [0.25, 0.3) is 0 Å². The lowest BCUT2D eigenvalue weighted by molar-refractivity contribution is 0.0701. The number of carboxylic acid groups (broad SMARTS) is 1. The predicted octanol–water partition coefficient (Wildman–Crippen LogP) is 3.26. The van der Waals surface area contributed by atoms with Crippen LogP contribution in [-0.2, 0) is 0 Å². The number of hydrogen-bond acceptors (Lipinski definition) is 3. The summed E-state index contributed by atoms with van der Waals surface area (Å²) in [6.45, 7) is 6.06. The lowest BCUT2D eigenvalue weighted by atomic mass is 10.3. The van der Waals surface area contributed by atoms with Gasteiger partial charge in [-0.15, -0.1) is 23.1 Å². The lowest BCUT2D eigenvalue weighted by Gasteiger charge is -2.03. The first kappa shape index (κ1) is 10.6. The first-order chi connectivity index (χ1) is 6.02. The Hall–Kier alpha value is -0.480. The fraction of sp³-hybridized carbons (Fsp3) is 0.444. The molecule has 0 bridgehead atoms. The van der Waals surface area contributed by atoms with Crippen molar-refractivity contribution in [3.63, 3.8) is 0 Å². The molecule has 0 fully saturated rings. The largest absolute Gasteiger partial charge is 0.477 e. The molecule has 2 nitrogen and oxygen atoms in total. The summed E-state index contributed by atoms with van der Waals surface area (Å²) in [6, 6.07) is 0. The van der Waals surface area contributed by atoms with Crippen molar-refractivity contribution in [3.05, 3.63) is 15.8 Å². The van der Waals surface area contributed by atoms with Crippen LogP contribution < -0.4 is 0 Å². The minimum atomic E-state index is -0.821. The maximum absolute atomic E-state index is 10.7. The molecule has 1 heterocycles. The van der Waals surface area contributed by atoms with Gasteiger partial charge in [-0.05, 0) is 12.5 Å². The van der Waals surface area contributed by atoms with Gasteiger partial charge in [0.05, 0.1) is 0 Å². The van der Waals surface area contributed by atoms with Crippen LogP contribution in [0, 0.1) is 6.92 Å². The van der Waals surface area contributed by atoms with Gasteiger partial charge in [0, 0.05) is 15.5 Å². The van der Waals surface area contributed by atoms with Crippen molar-refractivity contribution in [2.75, 3.05) is 0 Å². The number of thiophene rings is 1. The standard InChI is InChI=1S/C9H12O2S2/c1-5(2)13-7-4-12-8(6(7)3)9(10)11/h4-5H,1-3H3,(H,10,11). The maximum atomic E-state index is 10.7. The third-order valence-electron chi connectivity index (χ3n) is 1.55. The molecule has 0 atom stereocenters. The normalized spacial score (nSPS) is 10.8. The molecule has 0 saturated carbocycles. The molecule has 1 N–H and O–H groups in total. The lowest BCUT2D eigenvalue weighted by Crippen LogP contribution is -1.95. The second-order valence-corrected chi connectivity index (χ2v) is 5.52. The van der Waals surface area contributed by atoms with Gasteiger partial charge in [-0.2, -0.15) is 0 Å². The molecule has 4 heteroatoms. The van der Waals surface area contributed by atoms with Gasteiger partial charge in [0.2, 0.25) is 0 Å². The second kappa shape index (κ2) is 4.15. The van der Waals surface area contributed by atoms with Crippen LogP contribution in [0.3, 0.4) is 0 Å². The number of carboxylic acids is 1. The first-order valence-corrected chi connectivity index (χ1v) is 5.76. The van der Waals surface area contributed by atoms with Crippen LogP contribution in [0.5, 0.6) is 0 Å². The molecular formula is C9H12O2S2. The fourth-order valence-electron chi connectivity index (χ4n) is 0.982. The maximum Gasteiger partial charge on any atom is 0.346 e. The molecule has 0 aromatic carbocycles. The van der Waals surface area contributed by atoms with Crippen molar-refractivity contribution >= 4 is 29.1 Å². The highest BCUT2D eigenvalue weighted by Gasteiger charge is 2.14. The molecule has 0 radical (unpaired) electrons. The molecule has 0 aliphatic heterocycles. The average Bonchev–Trinajstić information content (AvgIpc) is 2.32. The summed E-state index contributed by atoms with van der Waals surface area (Å²) in [5.74, 6) is -0.821.